The normalized spacial score (nSPS) is 14.9. The molecule has 0 aliphatic carbocycles. The van der Waals surface area contributed by atoms with Crippen LogP contribution in [-0.4, -0.2) is 5.88 Å². The Kier molecular flexibility index (Phi) is 2.81. The monoisotopic (exact) mass is 269 g/mol. The van der Waals surface area contributed by atoms with Gasteiger partial charge in [-0.1, -0.05) is 30.3 Å². The fourth-order valence-corrected chi connectivity index (χ4v) is 2.70. The molecule has 0 fully saturated rings. The lowest BCUT2D eigenvalue weighted by molar-refractivity contribution is 0.657. The SMILES string of the molecule is N#Cc1ccccc1C1(CCl)Nc2ccccc2N1. The highest BCUT2D eigenvalue weighted by Crippen LogP contribution is 2.40. The summed E-state index contributed by atoms with van der Waals surface area (Å²) < 4.78 is 0. The maximum Gasteiger partial charge on any atom is 0.150 e. The van der Waals surface area contributed by atoms with Crippen molar-refractivity contribution in [2.45, 2.75) is 5.66 Å². The molecule has 0 unspecified atom stereocenters. The summed E-state index contributed by atoms with van der Waals surface area (Å²) in [7, 11) is 0. The lowest BCUT2D eigenvalue weighted by Gasteiger charge is -2.30. The van der Waals surface area contributed by atoms with E-state index in [1.165, 1.54) is 0 Å². The number of rotatable bonds is 2. The third kappa shape index (κ3) is 1.81. The van der Waals surface area contributed by atoms with Crippen LogP contribution < -0.4 is 10.6 Å². The minimum absolute atomic E-state index is 0.320. The number of hydrogen-bond donors (Lipinski definition) is 2. The number of nitriles is 1. The van der Waals surface area contributed by atoms with E-state index in [0.717, 1.165) is 16.9 Å². The van der Waals surface area contributed by atoms with Gasteiger partial charge in [-0.2, -0.15) is 5.26 Å². The smallest absolute Gasteiger partial charge is 0.150 e. The molecule has 2 aromatic rings. The van der Waals surface area contributed by atoms with Gasteiger partial charge in [0, 0.05) is 5.56 Å². The number of para-hydroxylation sites is 2. The van der Waals surface area contributed by atoms with Crippen molar-refractivity contribution >= 4 is 23.0 Å². The highest BCUT2D eigenvalue weighted by Gasteiger charge is 2.38. The fourth-order valence-electron chi connectivity index (χ4n) is 2.42. The minimum atomic E-state index is -0.627. The highest BCUT2D eigenvalue weighted by molar-refractivity contribution is 6.19. The molecule has 94 valence electrons. The number of anilines is 2. The van der Waals surface area contributed by atoms with Gasteiger partial charge in [-0.15, -0.1) is 11.6 Å². The summed E-state index contributed by atoms with van der Waals surface area (Å²) in [5, 5.41) is 16.0. The van der Waals surface area contributed by atoms with E-state index in [1.807, 2.05) is 42.5 Å². The van der Waals surface area contributed by atoms with Gasteiger partial charge in [0.1, 0.15) is 5.66 Å². The van der Waals surface area contributed by atoms with Crippen molar-refractivity contribution in [2.75, 3.05) is 16.5 Å². The van der Waals surface area contributed by atoms with E-state index in [4.69, 9.17) is 11.6 Å². The number of halogens is 1. The molecule has 0 atom stereocenters. The van der Waals surface area contributed by atoms with E-state index in [1.54, 1.807) is 6.07 Å². The van der Waals surface area contributed by atoms with E-state index < -0.39 is 5.66 Å². The van der Waals surface area contributed by atoms with Gasteiger partial charge in [0.15, 0.2) is 0 Å². The van der Waals surface area contributed by atoms with Gasteiger partial charge in [-0.3, -0.25) is 0 Å². The second-order valence-corrected chi connectivity index (χ2v) is 4.76. The largest absolute Gasteiger partial charge is 0.356 e. The third-order valence-electron chi connectivity index (χ3n) is 3.33. The number of nitrogens with one attached hydrogen (secondary N) is 2. The van der Waals surface area contributed by atoms with Crippen LogP contribution in [0.5, 0.6) is 0 Å². The van der Waals surface area contributed by atoms with Gasteiger partial charge in [0.25, 0.3) is 0 Å². The predicted octanol–water partition coefficient (Wildman–Crippen LogP) is 3.49. The molecule has 19 heavy (non-hydrogen) atoms. The summed E-state index contributed by atoms with van der Waals surface area (Å²) >= 11 is 6.18. The van der Waals surface area contributed by atoms with Gasteiger partial charge in [-0.05, 0) is 18.2 Å². The molecular formula is C15H12ClN3. The average Bonchev–Trinajstić information content (AvgIpc) is 2.87. The maximum atomic E-state index is 9.26. The fraction of sp³-hybridized carbons (Fsp3) is 0.133. The van der Waals surface area contributed by atoms with Crippen LogP contribution in [-0.2, 0) is 5.66 Å². The summed E-state index contributed by atoms with van der Waals surface area (Å²) in [5.74, 6) is 0.320. The van der Waals surface area contributed by atoms with Crippen LogP contribution in [0.1, 0.15) is 11.1 Å². The van der Waals surface area contributed by atoms with Crippen molar-refractivity contribution in [3.05, 3.63) is 59.7 Å². The van der Waals surface area contributed by atoms with Crippen molar-refractivity contribution in [2.24, 2.45) is 0 Å². The zero-order valence-electron chi connectivity index (χ0n) is 10.2. The van der Waals surface area contributed by atoms with E-state index in [9.17, 15) is 5.26 Å². The van der Waals surface area contributed by atoms with Crippen LogP contribution >= 0.6 is 11.6 Å². The van der Waals surface area contributed by atoms with Crippen molar-refractivity contribution in [1.82, 2.24) is 0 Å². The first kappa shape index (κ1) is 11.9. The zero-order valence-corrected chi connectivity index (χ0v) is 10.9. The van der Waals surface area contributed by atoms with Crippen molar-refractivity contribution in [3.8, 4) is 6.07 Å². The molecule has 0 saturated carbocycles. The van der Waals surface area contributed by atoms with Gasteiger partial charge < -0.3 is 10.6 Å². The Morgan fingerprint density at radius 1 is 1.00 bits per heavy atom. The van der Waals surface area contributed by atoms with E-state index in [2.05, 4.69) is 16.7 Å². The summed E-state index contributed by atoms with van der Waals surface area (Å²) in [6.07, 6.45) is 0. The molecule has 0 saturated heterocycles. The van der Waals surface area contributed by atoms with Gasteiger partial charge in [0.2, 0.25) is 0 Å². The van der Waals surface area contributed by atoms with Crippen LogP contribution in [0.2, 0.25) is 0 Å². The molecule has 0 amide bonds. The molecule has 0 radical (unpaired) electrons. The number of nitrogens with zero attached hydrogens (tertiary/aromatic N) is 1. The second kappa shape index (κ2) is 4.49. The minimum Gasteiger partial charge on any atom is -0.356 e. The van der Waals surface area contributed by atoms with Gasteiger partial charge in [0.05, 0.1) is 28.9 Å². The first-order valence-corrected chi connectivity index (χ1v) is 6.53. The molecule has 0 aromatic heterocycles. The standard InChI is InChI=1S/C15H12ClN3/c16-10-15(12-6-2-1-5-11(12)9-17)18-13-7-3-4-8-14(13)19-15/h1-8,18-19H,10H2. The summed E-state index contributed by atoms with van der Waals surface area (Å²) in [5.41, 5.74) is 2.85. The second-order valence-electron chi connectivity index (χ2n) is 4.49. The van der Waals surface area contributed by atoms with Gasteiger partial charge >= 0.3 is 0 Å². The van der Waals surface area contributed by atoms with Crippen LogP contribution in [0, 0.1) is 11.3 Å². The van der Waals surface area contributed by atoms with Crippen LogP contribution in [0.15, 0.2) is 48.5 Å². The number of alkyl halides is 1. The quantitative estimate of drug-likeness (QED) is 0.821. The first-order chi connectivity index (χ1) is 9.29. The summed E-state index contributed by atoms with van der Waals surface area (Å²) in [6.45, 7) is 0. The van der Waals surface area contributed by atoms with E-state index in [0.29, 0.717) is 11.4 Å². The molecule has 3 rings (SSSR count). The van der Waals surface area contributed by atoms with Gasteiger partial charge in [-0.25, -0.2) is 0 Å². The summed E-state index contributed by atoms with van der Waals surface area (Å²) in [6, 6.07) is 17.6. The number of benzene rings is 2. The number of fused-ring (bicyclic) bond motifs is 1. The van der Waals surface area contributed by atoms with Crippen molar-refractivity contribution in [1.29, 1.82) is 5.26 Å². The molecule has 4 heteroatoms. The Morgan fingerprint density at radius 3 is 2.16 bits per heavy atom. The maximum absolute atomic E-state index is 9.26. The average molecular weight is 270 g/mol. The van der Waals surface area contributed by atoms with Crippen molar-refractivity contribution in [3.63, 3.8) is 0 Å². The van der Waals surface area contributed by atoms with Crippen LogP contribution in [0.25, 0.3) is 0 Å². The van der Waals surface area contributed by atoms with Crippen molar-refractivity contribution < 1.29 is 0 Å². The molecule has 1 heterocycles. The molecule has 2 aromatic carbocycles. The van der Waals surface area contributed by atoms with E-state index in [-0.39, 0.29) is 0 Å². The molecule has 2 N–H and O–H groups in total. The molecular weight excluding hydrogens is 258 g/mol. The molecule has 0 bridgehead atoms. The molecule has 0 spiro atoms. The Hall–Kier alpha value is -2.18. The molecule has 1 aliphatic rings. The Morgan fingerprint density at radius 2 is 1.58 bits per heavy atom. The molecule has 3 nitrogen and oxygen atoms in total. The highest BCUT2D eigenvalue weighted by atomic mass is 35.5. The topological polar surface area (TPSA) is 47.9 Å². The Balaban J connectivity index is 2.11. The predicted molar refractivity (Wildman–Crippen MR) is 77.2 cm³/mol. The summed E-state index contributed by atoms with van der Waals surface area (Å²) in [4.78, 5) is 0. The third-order valence-corrected chi connectivity index (χ3v) is 3.73. The Labute approximate surface area is 116 Å². The van der Waals surface area contributed by atoms with Crippen LogP contribution in [0.4, 0.5) is 11.4 Å². The first-order valence-electron chi connectivity index (χ1n) is 6.00. The number of hydrogen-bond acceptors (Lipinski definition) is 3. The Bertz CT molecular complexity index is 635. The zero-order chi connectivity index (χ0) is 13.3. The van der Waals surface area contributed by atoms with E-state index >= 15 is 0 Å². The van der Waals surface area contributed by atoms with Crippen LogP contribution in [0.3, 0.4) is 0 Å². The lowest BCUT2D eigenvalue weighted by atomic mass is 9.96. The molecule has 1 aliphatic heterocycles. The lowest BCUT2D eigenvalue weighted by Crippen LogP contribution is -2.41.